The second kappa shape index (κ2) is 9.38. The molecule has 0 spiro atoms. The molecule has 0 aliphatic rings. The van der Waals surface area contributed by atoms with Gasteiger partial charge in [-0.1, -0.05) is 19.1 Å². The summed E-state index contributed by atoms with van der Waals surface area (Å²) in [5, 5.41) is 7.88. The van der Waals surface area contributed by atoms with Gasteiger partial charge in [0.1, 0.15) is 0 Å². The molecule has 2 rings (SSSR count). The molecule has 0 aliphatic carbocycles. The summed E-state index contributed by atoms with van der Waals surface area (Å²) in [5.74, 6) is 0.796. The van der Waals surface area contributed by atoms with Gasteiger partial charge >= 0.3 is 0 Å². The van der Waals surface area contributed by atoms with Crippen LogP contribution in [0, 0.1) is 0 Å². The Morgan fingerprint density at radius 2 is 1.85 bits per heavy atom. The van der Waals surface area contributed by atoms with E-state index < -0.39 is 10.0 Å². The number of amides is 1. The zero-order valence-corrected chi connectivity index (χ0v) is 16.2. The summed E-state index contributed by atoms with van der Waals surface area (Å²) < 4.78 is 34.0. The first-order valence-electron chi connectivity index (χ1n) is 8.64. The first-order valence-corrected chi connectivity index (χ1v) is 10.2. The van der Waals surface area contributed by atoms with Crippen molar-refractivity contribution in [2.45, 2.75) is 31.7 Å². The molecule has 0 radical (unpaired) electrons. The van der Waals surface area contributed by atoms with E-state index in [0.717, 1.165) is 6.42 Å². The zero-order chi connectivity index (χ0) is 19.9. The Labute approximate surface area is 159 Å². The van der Waals surface area contributed by atoms with Crippen LogP contribution in [-0.4, -0.2) is 27.5 Å². The van der Waals surface area contributed by atoms with Crippen LogP contribution in [0.5, 0.6) is 11.5 Å². The molecule has 8 heteroatoms. The number of rotatable bonds is 9. The molecule has 0 atom stereocenters. The number of sulfonamides is 1. The minimum atomic E-state index is -3.78. The maximum atomic E-state index is 12.4. The van der Waals surface area contributed by atoms with Gasteiger partial charge in [0.25, 0.3) is 5.91 Å². The van der Waals surface area contributed by atoms with E-state index in [9.17, 15) is 13.2 Å². The number of primary sulfonamides is 1. The Bertz CT molecular complexity index is 897. The number of carbonyl (C=O) groups excluding carboxylic acids is 1. The highest BCUT2D eigenvalue weighted by Crippen LogP contribution is 2.28. The van der Waals surface area contributed by atoms with Gasteiger partial charge in [-0.05, 0) is 49.2 Å². The van der Waals surface area contributed by atoms with E-state index in [4.69, 9.17) is 14.6 Å². The van der Waals surface area contributed by atoms with Gasteiger partial charge in [-0.15, -0.1) is 0 Å². The van der Waals surface area contributed by atoms with Gasteiger partial charge in [-0.2, -0.15) is 0 Å². The Kier molecular flexibility index (Phi) is 7.20. The van der Waals surface area contributed by atoms with Crippen LogP contribution in [0.2, 0.25) is 0 Å². The van der Waals surface area contributed by atoms with E-state index in [2.05, 4.69) is 5.32 Å². The highest BCUT2D eigenvalue weighted by Gasteiger charge is 2.12. The van der Waals surface area contributed by atoms with Crippen molar-refractivity contribution >= 4 is 15.9 Å². The van der Waals surface area contributed by atoms with Gasteiger partial charge in [0.15, 0.2) is 11.5 Å². The molecular formula is C19H24N2O5S. The Morgan fingerprint density at radius 1 is 1.07 bits per heavy atom. The van der Waals surface area contributed by atoms with Crippen molar-refractivity contribution in [3.05, 3.63) is 53.6 Å². The lowest BCUT2D eigenvalue weighted by Crippen LogP contribution is -2.23. The molecule has 0 unspecified atom stereocenters. The van der Waals surface area contributed by atoms with E-state index in [1.54, 1.807) is 30.3 Å². The van der Waals surface area contributed by atoms with E-state index in [1.807, 2.05) is 13.8 Å². The summed E-state index contributed by atoms with van der Waals surface area (Å²) >= 11 is 0. The Hall–Kier alpha value is -2.58. The summed E-state index contributed by atoms with van der Waals surface area (Å²) in [4.78, 5) is 12.4. The maximum absolute atomic E-state index is 12.4. The smallest absolute Gasteiger partial charge is 0.251 e. The fourth-order valence-corrected chi connectivity index (χ4v) is 2.95. The first-order chi connectivity index (χ1) is 12.8. The molecule has 0 aromatic heterocycles. The van der Waals surface area contributed by atoms with Gasteiger partial charge in [0, 0.05) is 12.1 Å². The highest BCUT2D eigenvalue weighted by atomic mass is 32.2. The summed E-state index contributed by atoms with van der Waals surface area (Å²) in [6, 6.07) is 11.1. The van der Waals surface area contributed by atoms with Crippen molar-refractivity contribution < 1.29 is 22.7 Å². The molecule has 2 aromatic carbocycles. The largest absolute Gasteiger partial charge is 0.490 e. The van der Waals surface area contributed by atoms with Crippen molar-refractivity contribution in [1.29, 1.82) is 0 Å². The van der Waals surface area contributed by atoms with Crippen molar-refractivity contribution in [2.24, 2.45) is 5.14 Å². The van der Waals surface area contributed by atoms with Crippen LogP contribution < -0.4 is 19.9 Å². The SMILES string of the molecule is CCCOc1ccc(C(=O)NCc2cccc(S(N)(=O)=O)c2)cc1OCC. The number of ether oxygens (including phenoxy) is 2. The summed E-state index contributed by atoms with van der Waals surface area (Å²) in [7, 11) is -3.78. The van der Waals surface area contributed by atoms with Gasteiger partial charge in [-0.3, -0.25) is 4.79 Å². The lowest BCUT2D eigenvalue weighted by molar-refractivity contribution is 0.0950. The predicted octanol–water partition coefficient (Wildman–Crippen LogP) is 2.45. The minimum absolute atomic E-state index is 0.00491. The third kappa shape index (κ3) is 5.97. The van der Waals surface area contributed by atoms with Gasteiger partial charge < -0.3 is 14.8 Å². The number of hydrogen-bond donors (Lipinski definition) is 2. The van der Waals surface area contributed by atoms with Gasteiger partial charge in [-0.25, -0.2) is 13.6 Å². The molecule has 0 bridgehead atoms. The lowest BCUT2D eigenvalue weighted by Gasteiger charge is -2.13. The average molecular weight is 392 g/mol. The number of nitrogens with two attached hydrogens (primary N) is 1. The van der Waals surface area contributed by atoms with Crippen LogP contribution in [0.15, 0.2) is 47.4 Å². The molecule has 1 amide bonds. The third-order valence-electron chi connectivity index (χ3n) is 3.65. The van der Waals surface area contributed by atoms with Gasteiger partial charge in [0.05, 0.1) is 18.1 Å². The summed E-state index contributed by atoms with van der Waals surface area (Å²) in [5.41, 5.74) is 1.05. The van der Waals surface area contributed by atoms with Crippen molar-refractivity contribution in [3.8, 4) is 11.5 Å². The maximum Gasteiger partial charge on any atom is 0.251 e. The van der Waals surface area contributed by atoms with E-state index in [-0.39, 0.29) is 17.3 Å². The highest BCUT2D eigenvalue weighted by molar-refractivity contribution is 7.89. The molecule has 0 saturated carbocycles. The summed E-state index contributed by atoms with van der Waals surface area (Å²) in [6.07, 6.45) is 0.866. The molecule has 7 nitrogen and oxygen atoms in total. The van der Waals surface area contributed by atoms with Crippen LogP contribution in [0.4, 0.5) is 0 Å². The first kappa shape index (κ1) is 20.7. The van der Waals surface area contributed by atoms with Crippen LogP contribution in [0.1, 0.15) is 36.2 Å². The van der Waals surface area contributed by atoms with Gasteiger partial charge in [0.2, 0.25) is 10.0 Å². The molecular weight excluding hydrogens is 368 g/mol. The third-order valence-corrected chi connectivity index (χ3v) is 4.56. The summed E-state index contributed by atoms with van der Waals surface area (Å²) in [6.45, 7) is 5.04. The zero-order valence-electron chi connectivity index (χ0n) is 15.4. The number of hydrogen-bond acceptors (Lipinski definition) is 5. The Morgan fingerprint density at radius 3 is 2.52 bits per heavy atom. The Balaban J connectivity index is 2.10. The molecule has 0 heterocycles. The number of benzene rings is 2. The topological polar surface area (TPSA) is 108 Å². The molecule has 146 valence electrons. The minimum Gasteiger partial charge on any atom is -0.490 e. The van der Waals surface area contributed by atoms with Crippen LogP contribution in [0.25, 0.3) is 0 Å². The monoisotopic (exact) mass is 392 g/mol. The van der Waals surface area contributed by atoms with Crippen molar-refractivity contribution in [1.82, 2.24) is 5.32 Å². The van der Waals surface area contributed by atoms with Crippen LogP contribution >= 0.6 is 0 Å². The van der Waals surface area contributed by atoms with E-state index in [0.29, 0.717) is 35.8 Å². The molecule has 3 N–H and O–H groups in total. The fourth-order valence-electron chi connectivity index (χ4n) is 2.37. The fraction of sp³-hybridized carbons (Fsp3) is 0.316. The van der Waals surface area contributed by atoms with E-state index >= 15 is 0 Å². The van der Waals surface area contributed by atoms with E-state index in [1.165, 1.54) is 12.1 Å². The van der Waals surface area contributed by atoms with Crippen LogP contribution in [-0.2, 0) is 16.6 Å². The van der Waals surface area contributed by atoms with Crippen LogP contribution in [0.3, 0.4) is 0 Å². The molecule has 0 saturated heterocycles. The number of nitrogens with one attached hydrogen (secondary N) is 1. The standard InChI is InChI=1S/C19H24N2O5S/c1-3-10-26-17-9-8-15(12-18(17)25-4-2)19(22)21-13-14-6-5-7-16(11-14)27(20,23)24/h5-9,11-12H,3-4,10,13H2,1-2H3,(H,21,22)(H2,20,23,24). The number of carbonyl (C=O) groups is 1. The average Bonchev–Trinajstić information content (AvgIpc) is 2.65. The van der Waals surface area contributed by atoms with Crippen molar-refractivity contribution in [2.75, 3.05) is 13.2 Å². The quantitative estimate of drug-likeness (QED) is 0.681. The second-order valence-corrected chi connectivity index (χ2v) is 7.38. The normalized spacial score (nSPS) is 11.1. The molecule has 0 fully saturated rings. The molecule has 2 aromatic rings. The predicted molar refractivity (Wildman–Crippen MR) is 102 cm³/mol. The molecule has 0 aliphatic heterocycles. The van der Waals surface area contributed by atoms with Crippen molar-refractivity contribution in [3.63, 3.8) is 0 Å². The second-order valence-electron chi connectivity index (χ2n) is 5.82. The molecule has 27 heavy (non-hydrogen) atoms. The lowest BCUT2D eigenvalue weighted by atomic mass is 10.1.